The first-order valence-electron chi connectivity index (χ1n) is 9.41. The molecule has 9 nitrogen and oxygen atoms in total. The van der Waals surface area contributed by atoms with E-state index in [-0.39, 0.29) is 36.9 Å². The second kappa shape index (κ2) is 9.95. The minimum atomic E-state index is -0.333. The molecule has 28 heavy (non-hydrogen) atoms. The van der Waals surface area contributed by atoms with E-state index in [1.54, 1.807) is 24.3 Å². The Kier molecular flexibility index (Phi) is 7.10. The third-order valence-corrected chi connectivity index (χ3v) is 4.57. The van der Waals surface area contributed by atoms with Crippen LogP contribution < -0.4 is 16.2 Å². The summed E-state index contributed by atoms with van der Waals surface area (Å²) in [6.07, 6.45) is 1.56. The van der Waals surface area contributed by atoms with Crippen molar-refractivity contribution in [3.8, 4) is 0 Å². The van der Waals surface area contributed by atoms with E-state index in [1.165, 1.54) is 10.9 Å². The number of amides is 2. The summed E-state index contributed by atoms with van der Waals surface area (Å²) in [5.41, 5.74) is 0.333. The number of hydrogen-bond donors (Lipinski definition) is 2. The molecule has 1 saturated heterocycles. The van der Waals surface area contributed by atoms with E-state index < -0.39 is 0 Å². The summed E-state index contributed by atoms with van der Waals surface area (Å²) >= 11 is 0. The van der Waals surface area contributed by atoms with Crippen LogP contribution in [0.25, 0.3) is 10.9 Å². The highest BCUT2D eigenvalue weighted by molar-refractivity contribution is 5.80. The van der Waals surface area contributed by atoms with E-state index in [9.17, 15) is 14.4 Å². The van der Waals surface area contributed by atoms with Crippen LogP contribution >= 0.6 is 0 Å². The number of aromatic nitrogens is 2. The SMILES string of the molecule is O=C(CCNC(=O)Cn1cnc2ccccc2c1=O)NCCN1CCOCC1. The van der Waals surface area contributed by atoms with Gasteiger partial charge in [0.1, 0.15) is 6.54 Å². The lowest BCUT2D eigenvalue weighted by Gasteiger charge is -2.26. The van der Waals surface area contributed by atoms with Crippen molar-refractivity contribution in [2.75, 3.05) is 45.9 Å². The predicted molar refractivity (Wildman–Crippen MR) is 104 cm³/mol. The summed E-state index contributed by atoms with van der Waals surface area (Å²) in [4.78, 5) is 42.7. The van der Waals surface area contributed by atoms with Gasteiger partial charge < -0.3 is 15.4 Å². The van der Waals surface area contributed by atoms with Crippen molar-refractivity contribution in [2.24, 2.45) is 0 Å². The molecule has 1 aromatic heterocycles. The molecule has 0 spiro atoms. The maximum atomic E-state index is 12.4. The molecule has 0 unspecified atom stereocenters. The molecular formula is C19H25N5O4. The number of morpholine rings is 1. The molecule has 2 heterocycles. The van der Waals surface area contributed by atoms with E-state index in [0.717, 1.165) is 32.8 Å². The van der Waals surface area contributed by atoms with Gasteiger partial charge in [0.2, 0.25) is 11.8 Å². The number of carbonyl (C=O) groups excluding carboxylic acids is 2. The maximum absolute atomic E-state index is 12.4. The van der Waals surface area contributed by atoms with Crippen molar-refractivity contribution in [1.29, 1.82) is 0 Å². The topological polar surface area (TPSA) is 106 Å². The third kappa shape index (κ3) is 5.61. The summed E-state index contributed by atoms with van der Waals surface area (Å²) in [5, 5.41) is 5.98. The van der Waals surface area contributed by atoms with Crippen molar-refractivity contribution in [3.05, 3.63) is 40.9 Å². The first-order valence-corrected chi connectivity index (χ1v) is 9.41. The number of para-hydroxylation sites is 1. The zero-order chi connectivity index (χ0) is 19.8. The molecule has 9 heteroatoms. The molecule has 1 aromatic carbocycles. The molecule has 0 aliphatic carbocycles. The van der Waals surface area contributed by atoms with Crippen LogP contribution in [0.5, 0.6) is 0 Å². The quantitative estimate of drug-likeness (QED) is 0.624. The molecular weight excluding hydrogens is 362 g/mol. The summed E-state index contributed by atoms with van der Waals surface area (Å²) in [5.74, 6) is -0.446. The molecule has 1 aliphatic heterocycles. The van der Waals surface area contributed by atoms with Gasteiger partial charge in [0, 0.05) is 39.1 Å². The van der Waals surface area contributed by atoms with Gasteiger partial charge in [-0.1, -0.05) is 12.1 Å². The summed E-state index contributed by atoms with van der Waals surface area (Å²) in [7, 11) is 0. The fraction of sp³-hybridized carbons (Fsp3) is 0.474. The van der Waals surface area contributed by atoms with Crippen LogP contribution in [0, 0.1) is 0 Å². The number of nitrogens with one attached hydrogen (secondary N) is 2. The first-order chi connectivity index (χ1) is 13.6. The number of ether oxygens (including phenoxy) is 1. The Balaban J connectivity index is 1.37. The van der Waals surface area contributed by atoms with E-state index in [4.69, 9.17) is 4.74 Å². The second-order valence-corrected chi connectivity index (χ2v) is 6.60. The van der Waals surface area contributed by atoms with Crippen molar-refractivity contribution in [1.82, 2.24) is 25.1 Å². The zero-order valence-electron chi connectivity index (χ0n) is 15.7. The van der Waals surface area contributed by atoms with Crippen molar-refractivity contribution >= 4 is 22.7 Å². The van der Waals surface area contributed by atoms with Gasteiger partial charge in [0.05, 0.1) is 30.4 Å². The Morgan fingerprint density at radius 3 is 2.64 bits per heavy atom. The van der Waals surface area contributed by atoms with Crippen LogP contribution in [0.4, 0.5) is 0 Å². The van der Waals surface area contributed by atoms with Crippen LogP contribution in [0.2, 0.25) is 0 Å². The molecule has 2 aromatic rings. The van der Waals surface area contributed by atoms with E-state index in [2.05, 4.69) is 20.5 Å². The molecule has 0 saturated carbocycles. The molecule has 2 amide bonds. The highest BCUT2D eigenvalue weighted by atomic mass is 16.5. The van der Waals surface area contributed by atoms with Crippen molar-refractivity contribution in [3.63, 3.8) is 0 Å². The van der Waals surface area contributed by atoms with Gasteiger partial charge >= 0.3 is 0 Å². The Bertz CT molecular complexity index is 876. The Morgan fingerprint density at radius 1 is 1.07 bits per heavy atom. The number of nitrogens with zero attached hydrogens (tertiary/aromatic N) is 3. The van der Waals surface area contributed by atoms with E-state index >= 15 is 0 Å². The number of fused-ring (bicyclic) bond motifs is 1. The third-order valence-electron chi connectivity index (χ3n) is 4.57. The summed E-state index contributed by atoms with van der Waals surface area (Å²) in [6.45, 7) is 4.69. The van der Waals surface area contributed by atoms with E-state index in [0.29, 0.717) is 17.4 Å². The number of carbonyl (C=O) groups is 2. The van der Waals surface area contributed by atoms with E-state index in [1.807, 2.05) is 0 Å². The smallest absolute Gasteiger partial charge is 0.261 e. The lowest BCUT2D eigenvalue weighted by Crippen LogP contribution is -2.41. The molecule has 3 rings (SSSR count). The molecule has 1 aliphatic rings. The number of benzene rings is 1. The van der Waals surface area contributed by atoms with Crippen LogP contribution in [0.1, 0.15) is 6.42 Å². The number of hydrogen-bond acceptors (Lipinski definition) is 6. The van der Waals surface area contributed by atoms with Gasteiger partial charge in [0.25, 0.3) is 5.56 Å². The van der Waals surface area contributed by atoms with Crippen molar-refractivity contribution in [2.45, 2.75) is 13.0 Å². The monoisotopic (exact) mass is 387 g/mol. The maximum Gasteiger partial charge on any atom is 0.261 e. The average Bonchev–Trinajstić information content (AvgIpc) is 2.71. The van der Waals surface area contributed by atoms with Crippen LogP contribution in [0.3, 0.4) is 0 Å². The van der Waals surface area contributed by atoms with Gasteiger partial charge in [-0.25, -0.2) is 4.98 Å². The van der Waals surface area contributed by atoms with Gasteiger partial charge in [-0.15, -0.1) is 0 Å². The second-order valence-electron chi connectivity index (χ2n) is 6.60. The summed E-state index contributed by atoms with van der Waals surface area (Å²) < 4.78 is 6.54. The fourth-order valence-corrected chi connectivity index (χ4v) is 3.01. The predicted octanol–water partition coefficient (Wildman–Crippen LogP) is -0.649. The van der Waals surface area contributed by atoms with Crippen LogP contribution in [0.15, 0.2) is 35.4 Å². The average molecular weight is 387 g/mol. The highest BCUT2D eigenvalue weighted by Gasteiger charge is 2.11. The minimum absolute atomic E-state index is 0.113. The van der Waals surface area contributed by atoms with Gasteiger partial charge in [-0.2, -0.15) is 0 Å². The number of rotatable bonds is 8. The summed E-state index contributed by atoms with van der Waals surface area (Å²) in [6, 6.07) is 6.99. The van der Waals surface area contributed by atoms with Crippen LogP contribution in [-0.4, -0.2) is 72.2 Å². The zero-order valence-corrected chi connectivity index (χ0v) is 15.7. The van der Waals surface area contributed by atoms with Gasteiger partial charge in [0.15, 0.2) is 0 Å². The largest absolute Gasteiger partial charge is 0.379 e. The molecule has 0 atom stereocenters. The molecule has 2 N–H and O–H groups in total. The standard InChI is InChI=1S/C19H25N5O4/c25-17(21-7-8-23-9-11-28-12-10-23)5-6-20-18(26)13-24-14-22-16-4-2-1-3-15(16)19(24)27/h1-4,14H,5-13H2,(H,20,26)(H,21,25). The molecule has 0 radical (unpaired) electrons. The normalized spacial score (nSPS) is 14.7. The van der Waals surface area contributed by atoms with Crippen LogP contribution in [-0.2, 0) is 20.9 Å². The highest BCUT2D eigenvalue weighted by Crippen LogP contribution is 2.04. The fourth-order valence-electron chi connectivity index (χ4n) is 3.01. The molecule has 150 valence electrons. The Labute approximate surface area is 162 Å². The lowest BCUT2D eigenvalue weighted by molar-refractivity contribution is -0.122. The first kappa shape index (κ1) is 20.0. The molecule has 1 fully saturated rings. The van der Waals surface area contributed by atoms with Gasteiger partial charge in [-0.05, 0) is 12.1 Å². The van der Waals surface area contributed by atoms with Gasteiger partial charge in [-0.3, -0.25) is 23.9 Å². The Morgan fingerprint density at radius 2 is 1.82 bits per heavy atom. The minimum Gasteiger partial charge on any atom is -0.379 e. The Hall–Kier alpha value is -2.78. The molecule has 0 bridgehead atoms. The van der Waals surface area contributed by atoms with Crippen molar-refractivity contribution < 1.29 is 14.3 Å². The lowest BCUT2D eigenvalue weighted by atomic mass is 10.2.